The highest BCUT2D eigenvalue weighted by Crippen LogP contribution is 2.29. The van der Waals surface area contributed by atoms with Gasteiger partial charge in [0.05, 0.1) is 28.0 Å². The molecule has 0 spiro atoms. The van der Waals surface area contributed by atoms with Gasteiger partial charge in [-0.1, -0.05) is 0 Å². The molecule has 0 aliphatic rings. The first kappa shape index (κ1) is 18.4. The number of halogens is 1. The number of pyridine rings is 1. The molecule has 9 heteroatoms. The maximum absolute atomic E-state index is 12.3. The topological polar surface area (TPSA) is 90.8 Å². The molecule has 4 heterocycles. The van der Waals surface area contributed by atoms with E-state index in [1.54, 1.807) is 23.3 Å². The minimum absolute atomic E-state index is 0.101. The third-order valence-electron chi connectivity index (χ3n) is 4.38. The summed E-state index contributed by atoms with van der Waals surface area (Å²) in [5.74, 6) is 0.654. The van der Waals surface area contributed by atoms with Crippen LogP contribution in [0.3, 0.4) is 0 Å². The molecule has 1 N–H and O–H groups in total. The Morgan fingerprint density at radius 1 is 1.36 bits per heavy atom. The quantitative estimate of drug-likeness (QED) is 0.443. The van der Waals surface area contributed by atoms with E-state index < -0.39 is 0 Å². The summed E-state index contributed by atoms with van der Waals surface area (Å²) in [5, 5.41) is 12.5. The number of carbonyl (C=O) groups is 1. The van der Waals surface area contributed by atoms with Gasteiger partial charge in [0.15, 0.2) is 5.65 Å². The summed E-state index contributed by atoms with van der Waals surface area (Å²) in [4.78, 5) is 16.8. The Morgan fingerprint density at radius 2 is 2.25 bits per heavy atom. The zero-order valence-electron chi connectivity index (χ0n) is 15.3. The van der Waals surface area contributed by atoms with E-state index in [-0.39, 0.29) is 12.5 Å². The highest BCUT2D eigenvalue weighted by molar-refractivity contribution is 9.10. The first-order chi connectivity index (χ1) is 13.6. The molecule has 8 nitrogen and oxygen atoms in total. The fraction of sp³-hybridized carbons (Fsp3) is 0.263. The van der Waals surface area contributed by atoms with E-state index in [9.17, 15) is 4.79 Å². The van der Waals surface area contributed by atoms with Crippen molar-refractivity contribution in [1.29, 1.82) is 0 Å². The molecule has 0 atom stereocenters. The van der Waals surface area contributed by atoms with Crippen LogP contribution in [0.4, 0.5) is 0 Å². The third-order valence-corrected chi connectivity index (χ3v) is 4.79. The number of rotatable bonds is 7. The number of nitrogens with one attached hydrogen (secondary N) is 1. The molecule has 0 radical (unpaired) electrons. The molecule has 0 fully saturated rings. The Bertz CT molecular complexity index is 1100. The fourth-order valence-corrected chi connectivity index (χ4v) is 3.48. The van der Waals surface area contributed by atoms with Crippen LogP contribution < -0.4 is 5.32 Å². The minimum atomic E-state index is -0.101. The lowest BCUT2D eigenvalue weighted by Crippen LogP contribution is -2.29. The number of fused-ring (bicyclic) bond motifs is 1. The van der Waals surface area contributed by atoms with Crippen molar-refractivity contribution in [2.45, 2.75) is 26.4 Å². The van der Waals surface area contributed by atoms with Crippen molar-refractivity contribution >= 4 is 32.9 Å². The van der Waals surface area contributed by atoms with Crippen LogP contribution >= 0.6 is 15.9 Å². The molecular weight excluding hydrogens is 424 g/mol. The van der Waals surface area contributed by atoms with Crippen molar-refractivity contribution in [3.8, 4) is 11.3 Å². The lowest BCUT2D eigenvalue weighted by Gasteiger charge is -2.06. The molecule has 28 heavy (non-hydrogen) atoms. The summed E-state index contributed by atoms with van der Waals surface area (Å²) in [7, 11) is 0. The van der Waals surface area contributed by atoms with E-state index in [1.165, 1.54) is 0 Å². The Hall–Kier alpha value is -2.94. The molecule has 4 aromatic heterocycles. The number of hydrogen-bond donors (Lipinski definition) is 1. The molecule has 0 bridgehead atoms. The predicted molar refractivity (Wildman–Crippen MR) is 108 cm³/mol. The normalized spacial score (nSPS) is 11.2. The summed E-state index contributed by atoms with van der Waals surface area (Å²) in [6, 6.07) is 5.64. The fourth-order valence-electron chi connectivity index (χ4n) is 3.15. The predicted octanol–water partition coefficient (Wildman–Crippen LogP) is 3.17. The lowest BCUT2D eigenvalue weighted by atomic mass is 10.1. The number of amides is 1. The highest BCUT2D eigenvalue weighted by atomic mass is 79.9. The maximum atomic E-state index is 12.3. The van der Waals surface area contributed by atoms with Crippen molar-refractivity contribution in [2.24, 2.45) is 0 Å². The van der Waals surface area contributed by atoms with Gasteiger partial charge in [0.2, 0.25) is 5.91 Å². The van der Waals surface area contributed by atoms with E-state index in [0.29, 0.717) is 12.2 Å². The second-order valence-corrected chi connectivity index (χ2v) is 7.32. The number of hydrogen-bond acceptors (Lipinski definition) is 5. The monoisotopic (exact) mass is 442 g/mol. The molecule has 0 aliphatic heterocycles. The summed E-state index contributed by atoms with van der Waals surface area (Å²) >= 11 is 3.37. The SMILES string of the molecule is Cc1nn(CC(=O)NCCCn2cc(Br)cn2)c2nccc(-c3ccco3)c12. The van der Waals surface area contributed by atoms with Gasteiger partial charge in [-0.05, 0) is 47.5 Å². The van der Waals surface area contributed by atoms with Crippen molar-refractivity contribution in [3.63, 3.8) is 0 Å². The van der Waals surface area contributed by atoms with Gasteiger partial charge in [-0.3, -0.25) is 9.48 Å². The Kier molecular flexibility index (Phi) is 5.25. The molecule has 1 amide bonds. The van der Waals surface area contributed by atoms with E-state index in [4.69, 9.17) is 4.42 Å². The molecule has 0 saturated carbocycles. The molecule has 144 valence electrons. The number of aromatic nitrogens is 5. The molecule has 4 aromatic rings. The van der Waals surface area contributed by atoms with Crippen molar-refractivity contribution < 1.29 is 9.21 Å². The van der Waals surface area contributed by atoms with Crippen molar-refractivity contribution in [2.75, 3.05) is 6.54 Å². The summed E-state index contributed by atoms with van der Waals surface area (Å²) < 4.78 is 9.94. The number of furan rings is 1. The van der Waals surface area contributed by atoms with E-state index in [1.807, 2.05) is 36.0 Å². The van der Waals surface area contributed by atoms with Gasteiger partial charge < -0.3 is 9.73 Å². The van der Waals surface area contributed by atoms with Crippen LogP contribution in [0.1, 0.15) is 12.1 Å². The average molecular weight is 443 g/mol. The first-order valence-corrected chi connectivity index (χ1v) is 9.72. The minimum Gasteiger partial charge on any atom is -0.464 e. The maximum Gasteiger partial charge on any atom is 0.241 e. The van der Waals surface area contributed by atoms with Gasteiger partial charge in [0.1, 0.15) is 12.3 Å². The van der Waals surface area contributed by atoms with E-state index >= 15 is 0 Å². The lowest BCUT2D eigenvalue weighted by molar-refractivity contribution is -0.121. The third kappa shape index (κ3) is 3.84. The van der Waals surface area contributed by atoms with Gasteiger partial charge in [-0.2, -0.15) is 10.2 Å². The molecule has 0 unspecified atom stereocenters. The summed E-state index contributed by atoms with van der Waals surface area (Å²) in [6.07, 6.45) is 7.78. The van der Waals surface area contributed by atoms with Crippen molar-refractivity contribution in [3.05, 3.63) is 53.2 Å². The van der Waals surface area contributed by atoms with Gasteiger partial charge in [0.25, 0.3) is 0 Å². The molecule has 4 rings (SSSR count). The highest BCUT2D eigenvalue weighted by Gasteiger charge is 2.16. The Balaban J connectivity index is 1.42. The first-order valence-electron chi connectivity index (χ1n) is 8.92. The second-order valence-electron chi connectivity index (χ2n) is 6.40. The average Bonchev–Trinajstić information content (AvgIpc) is 3.41. The number of aryl methyl sites for hydroxylation is 2. The molecule has 0 saturated heterocycles. The van der Waals surface area contributed by atoms with E-state index in [2.05, 4.69) is 36.4 Å². The van der Waals surface area contributed by atoms with Crippen LogP contribution in [-0.2, 0) is 17.9 Å². The summed E-state index contributed by atoms with van der Waals surface area (Å²) in [5.41, 5.74) is 2.40. The van der Waals surface area contributed by atoms with E-state index in [0.717, 1.165) is 39.8 Å². The zero-order valence-corrected chi connectivity index (χ0v) is 16.9. The second kappa shape index (κ2) is 7.97. The van der Waals surface area contributed by atoms with Gasteiger partial charge in [0, 0.05) is 31.0 Å². The summed E-state index contributed by atoms with van der Waals surface area (Å²) in [6.45, 7) is 3.34. The molecular formula is C19H19BrN6O2. The number of carbonyl (C=O) groups excluding carboxylic acids is 1. The smallest absolute Gasteiger partial charge is 0.241 e. The largest absolute Gasteiger partial charge is 0.464 e. The van der Waals surface area contributed by atoms with Crippen molar-refractivity contribution in [1.82, 2.24) is 29.9 Å². The molecule has 0 aromatic carbocycles. The van der Waals surface area contributed by atoms with Gasteiger partial charge in [-0.25, -0.2) is 9.67 Å². The molecule has 0 aliphatic carbocycles. The van der Waals surface area contributed by atoms with Crippen LogP contribution in [0.2, 0.25) is 0 Å². The Morgan fingerprint density at radius 3 is 3.00 bits per heavy atom. The van der Waals surface area contributed by atoms with Crippen LogP contribution in [-0.4, -0.2) is 37.0 Å². The van der Waals surface area contributed by atoms with Gasteiger partial charge in [-0.15, -0.1) is 0 Å². The van der Waals surface area contributed by atoms with Crippen LogP contribution in [0.25, 0.3) is 22.4 Å². The Labute approximate surface area is 169 Å². The number of nitrogens with zero attached hydrogens (tertiary/aromatic N) is 5. The standard InChI is InChI=1S/C19H19BrN6O2/c1-13-18-15(16-4-2-9-28-16)5-7-22-19(18)26(24-13)12-17(27)21-6-3-8-25-11-14(20)10-23-25/h2,4-5,7,9-11H,3,6,8,12H2,1H3,(H,21,27). The van der Waals surface area contributed by atoms with Crippen LogP contribution in [0.15, 0.2) is 51.9 Å². The van der Waals surface area contributed by atoms with Crippen LogP contribution in [0, 0.1) is 6.92 Å². The van der Waals surface area contributed by atoms with Gasteiger partial charge >= 0.3 is 0 Å². The van der Waals surface area contributed by atoms with Crippen LogP contribution in [0.5, 0.6) is 0 Å². The zero-order chi connectivity index (χ0) is 19.5.